The largest absolute Gasteiger partial charge is 0.379 e. The van der Waals surface area contributed by atoms with Crippen LogP contribution in [0, 0.1) is 11.3 Å². The minimum atomic E-state index is -0.470. The first kappa shape index (κ1) is 24.5. The molecule has 3 rings (SSSR count). The van der Waals surface area contributed by atoms with E-state index in [1.165, 1.54) is 25.7 Å². The maximum absolute atomic E-state index is 13.7. The average Bonchev–Trinajstić information content (AvgIpc) is 3.26. The van der Waals surface area contributed by atoms with Crippen LogP contribution in [0.2, 0.25) is 0 Å². The SMILES string of the molecule is CC(C)C[C@@H]1NC(=O)C2(CCCCCOC[C@@H](C)NC1=O)CCN(C1CCCC1)CC2. The maximum atomic E-state index is 13.7. The molecule has 2 N–H and O–H groups in total. The first-order valence-corrected chi connectivity index (χ1v) is 12.8. The summed E-state index contributed by atoms with van der Waals surface area (Å²) in [6.07, 6.45) is 11.9. The Morgan fingerprint density at radius 2 is 1.71 bits per heavy atom. The molecule has 1 saturated carbocycles. The number of rotatable bonds is 3. The van der Waals surface area contributed by atoms with E-state index in [0.717, 1.165) is 64.3 Å². The van der Waals surface area contributed by atoms with Crippen LogP contribution in [0.5, 0.6) is 0 Å². The number of amides is 2. The highest BCUT2D eigenvalue weighted by atomic mass is 16.5. The van der Waals surface area contributed by atoms with Gasteiger partial charge in [0.05, 0.1) is 12.0 Å². The van der Waals surface area contributed by atoms with Crippen LogP contribution in [0.15, 0.2) is 0 Å². The third kappa shape index (κ3) is 6.92. The third-order valence-corrected chi connectivity index (χ3v) is 7.61. The van der Waals surface area contributed by atoms with E-state index in [2.05, 4.69) is 29.4 Å². The van der Waals surface area contributed by atoms with Crippen molar-refractivity contribution in [2.24, 2.45) is 11.3 Å². The highest BCUT2D eigenvalue weighted by Gasteiger charge is 2.43. The van der Waals surface area contributed by atoms with Crippen molar-refractivity contribution >= 4 is 11.8 Å². The lowest BCUT2D eigenvalue weighted by Crippen LogP contribution is -2.56. The predicted octanol–water partition coefficient (Wildman–Crippen LogP) is 3.64. The standard InChI is InChI=1S/C25H45N3O3/c1-19(2)17-22-23(29)26-20(3)18-31-16-8-4-7-11-25(24(30)27-22)12-14-28(15-13-25)21-9-5-6-10-21/h19-22H,4-18H2,1-3H3,(H,26,29)(H,27,30)/t20-,22+/m1/s1. The summed E-state index contributed by atoms with van der Waals surface area (Å²) < 4.78 is 5.78. The molecule has 2 atom stereocenters. The van der Waals surface area contributed by atoms with Gasteiger partial charge in [0, 0.05) is 18.7 Å². The molecule has 1 spiro atoms. The molecule has 2 aliphatic heterocycles. The van der Waals surface area contributed by atoms with Gasteiger partial charge in [0.25, 0.3) is 0 Å². The number of carbonyl (C=O) groups excluding carboxylic acids is 2. The van der Waals surface area contributed by atoms with Crippen molar-refractivity contribution in [2.45, 2.75) is 110 Å². The lowest BCUT2D eigenvalue weighted by Gasteiger charge is -2.43. The van der Waals surface area contributed by atoms with Gasteiger partial charge in [-0.25, -0.2) is 0 Å². The van der Waals surface area contributed by atoms with Crippen LogP contribution in [-0.2, 0) is 14.3 Å². The molecule has 0 unspecified atom stereocenters. The molecule has 1 aliphatic carbocycles. The van der Waals surface area contributed by atoms with E-state index in [4.69, 9.17) is 4.74 Å². The summed E-state index contributed by atoms with van der Waals surface area (Å²) in [5.41, 5.74) is -0.332. The van der Waals surface area contributed by atoms with Gasteiger partial charge in [-0.3, -0.25) is 9.59 Å². The Bertz CT molecular complexity index is 581. The van der Waals surface area contributed by atoms with Crippen LogP contribution >= 0.6 is 0 Å². The number of likely N-dealkylation sites (tertiary alicyclic amines) is 1. The van der Waals surface area contributed by atoms with Gasteiger partial charge in [-0.05, 0) is 70.9 Å². The number of hydrogen-bond donors (Lipinski definition) is 2. The summed E-state index contributed by atoms with van der Waals surface area (Å²) in [4.78, 5) is 29.3. The fourth-order valence-corrected chi connectivity index (χ4v) is 5.68. The van der Waals surface area contributed by atoms with E-state index in [9.17, 15) is 9.59 Å². The molecular weight excluding hydrogens is 390 g/mol. The Morgan fingerprint density at radius 3 is 2.39 bits per heavy atom. The first-order chi connectivity index (χ1) is 14.9. The van der Waals surface area contributed by atoms with Crippen molar-refractivity contribution in [3.63, 3.8) is 0 Å². The Labute approximate surface area is 189 Å². The zero-order valence-electron chi connectivity index (χ0n) is 20.1. The zero-order chi connectivity index (χ0) is 22.3. The Kier molecular flexibility index (Phi) is 9.20. The van der Waals surface area contributed by atoms with E-state index >= 15 is 0 Å². The molecule has 31 heavy (non-hydrogen) atoms. The second-order valence-corrected chi connectivity index (χ2v) is 10.7. The van der Waals surface area contributed by atoms with Crippen molar-refractivity contribution in [1.29, 1.82) is 0 Å². The zero-order valence-corrected chi connectivity index (χ0v) is 20.1. The molecule has 6 heteroatoms. The number of nitrogens with one attached hydrogen (secondary N) is 2. The van der Waals surface area contributed by atoms with E-state index in [-0.39, 0.29) is 23.3 Å². The van der Waals surface area contributed by atoms with E-state index in [1.807, 2.05) is 6.92 Å². The van der Waals surface area contributed by atoms with Crippen LogP contribution in [0.4, 0.5) is 0 Å². The van der Waals surface area contributed by atoms with E-state index in [1.54, 1.807) is 0 Å². The Balaban J connectivity index is 1.72. The summed E-state index contributed by atoms with van der Waals surface area (Å²) in [6, 6.07) is 0.199. The van der Waals surface area contributed by atoms with Crippen LogP contribution in [-0.4, -0.2) is 61.1 Å². The molecule has 0 aromatic rings. The van der Waals surface area contributed by atoms with Gasteiger partial charge >= 0.3 is 0 Å². The molecule has 0 radical (unpaired) electrons. The molecule has 0 aromatic heterocycles. The summed E-state index contributed by atoms with van der Waals surface area (Å²) in [5, 5.41) is 6.27. The Morgan fingerprint density at radius 1 is 1.00 bits per heavy atom. The fourth-order valence-electron chi connectivity index (χ4n) is 5.68. The minimum Gasteiger partial charge on any atom is -0.379 e. The topological polar surface area (TPSA) is 70.7 Å². The van der Waals surface area contributed by atoms with Crippen molar-refractivity contribution in [1.82, 2.24) is 15.5 Å². The van der Waals surface area contributed by atoms with Gasteiger partial charge in [-0.1, -0.05) is 39.5 Å². The van der Waals surface area contributed by atoms with Crippen molar-refractivity contribution in [3.8, 4) is 0 Å². The monoisotopic (exact) mass is 435 g/mol. The molecule has 3 fully saturated rings. The summed E-state index contributed by atoms with van der Waals surface area (Å²) in [6.45, 7) is 9.45. The third-order valence-electron chi connectivity index (χ3n) is 7.61. The van der Waals surface area contributed by atoms with Crippen LogP contribution in [0.25, 0.3) is 0 Å². The number of piperidine rings is 1. The van der Waals surface area contributed by atoms with Gasteiger partial charge in [-0.2, -0.15) is 0 Å². The highest BCUT2D eigenvalue weighted by Crippen LogP contribution is 2.39. The number of carbonyl (C=O) groups is 2. The molecule has 0 bridgehead atoms. The van der Waals surface area contributed by atoms with Crippen LogP contribution < -0.4 is 10.6 Å². The van der Waals surface area contributed by atoms with Gasteiger partial charge in [0.2, 0.25) is 11.8 Å². The van der Waals surface area contributed by atoms with Gasteiger partial charge in [-0.15, -0.1) is 0 Å². The molecule has 2 amide bonds. The fraction of sp³-hybridized carbons (Fsp3) is 0.920. The summed E-state index contributed by atoms with van der Waals surface area (Å²) in [7, 11) is 0. The second kappa shape index (κ2) is 11.6. The molecule has 2 saturated heterocycles. The van der Waals surface area contributed by atoms with Gasteiger partial charge in [0.1, 0.15) is 6.04 Å². The van der Waals surface area contributed by atoms with E-state index < -0.39 is 6.04 Å². The van der Waals surface area contributed by atoms with Crippen LogP contribution in [0.1, 0.15) is 91.4 Å². The molecule has 6 nitrogen and oxygen atoms in total. The molecule has 0 aromatic carbocycles. The smallest absolute Gasteiger partial charge is 0.242 e. The average molecular weight is 436 g/mol. The summed E-state index contributed by atoms with van der Waals surface area (Å²) in [5.74, 6) is 0.371. The quantitative estimate of drug-likeness (QED) is 0.710. The van der Waals surface area contributed by atoms with Crippen molar-refractivity contribution < 1.29 is 14.3 Å². The number of ether oxygens (including phenoxy) is 1. The van der Waals surface area contributed by atoms with Crippen LogP contribution in [0.3, 0.4) is 0 Å². The Hall–Kier alpha value is -1.14. The van der Waals surface area contributed by atoms with Crippen molar-refractivity contribution in [3.05, 3.63) is 0 Å². The van der Waals surface area contributed by atoms with Gasteiger partial charge < -0.3 is 20.3 Å². The van der Waals surface area contributed by atoms with Gasteiger partial charge in [0.15, 0.2) is 0 Å². The normalized spacial score (nSPS) is 30.2. The second-order valence-electron chi connectivity index (χ2n) is 10.7. The number of nitrogens with zero attached hydrogens (tertiary/aromatic N) is 1. The molecule has 3 aliphatic rings. The highest BCUT2D eigenvalue weighted by molar-refractivity contribution is 5.90. The van der Waals surface area contributed by atoms with Crippen molar-refractivity contribution in [2.75, 3.05) is 26.3 Å². The minimum absolute atomic E-state index is 0.0504. The lowest BCUT2D eigenvalue weighted by molar-refractivity contribution is -0.139. The molecule has 2 heterocycles. The summed E-state index contributed by atoms with van der Waals surface area (Å²) >= 11 is 0. The van der Waals surface area contributed by atoms with E-state index in [0.29, 0.717) is 18.9 Å². The molecule has 178 valence electrons. The maximum Gasteiger partial charge on any atom is 0.242 e. The molecular formula is C25H45N3O3. The number of hydrogen-bond acceptors (Lipinski definition) is 4. The predicted molar refractivity (Wildman–Crippen MR) is 124 cm³/mol. The lowest BCUT2D eigenvalue weighted by atomic mass is 9.73. The first-order valence-electron chi connectivity index (χ1n) is 12.8.